The van der Waals surface area contributed by atoms with Crippen LogP contribution in [-0.2, 0) is 13.1 Å². The molecule has 0 fully saturated rings. The first kappa shape index (κ1) is 8.53. The molecular formula is C10H13NO2. The summed E-state index contributed by atoms with van der Waals surface area (Å²) in [5, 5.41) is 8.96. The first-order chi connectivity index (χ1) is 6.33. The molecule has 0 bridgehead atoms. The van der Waals surface area contributed by atoms with E-state index in [1.165, 1.54) is 11.1 Å². The fraction of sp³-hybridized carbons (Fsp3) is 0.400. The smallest absolute Gasteiger partial charge is 0.119 e. The maximum atomic E-state index is 8.96. The molecular weight excluding hydrogens is 166 g/mol. The minimum absolute atomic E-state index is 0.122. The lowest BCUT2D eigenvalue weighted by molar-refractivity contribution is 0.106. The van der Waals surface area contributed by atoms with Crippen molar-refractivity contribution in [2.45, 2.75) is 13.1 Å². The molecule has 2 rings (SSSR count). The van der Waals surface area contributed by atoms with Crippen LogP contribution in [-0.4, -0.2) is 23.8 Å². The van der Waals surface area contributed by atoms with Crippen molar-refractivity contribution in [2.24, 2.45) is 0 Å². The number of methoxy groups -OCH3 is 1. The Morgan fingerprint density at radius 2 is 2.15 bits per heavy atom. The van der Waals surface area contributed by atoms with Crippen molar-refractivity contribution in [3.05, 3.63) is 29.3 Å². The van der Waals surface area contributed by atoms with Gasteiger partial charge in [-0.15, -0.1) is 0 Å². The van der Waals surface area contributed by atoms with Crippen molar-refractivity contribution in [3.8, 4) is 5.75 Å². The topological polar surface area (TPSA) is 32.7 Å². The SMILES string of the molecule is COc1ccc2c(c1)CN(CO)C2. The molecule has 1 aromatic carbocycles. The highest BCUT2D eigenvalue weighted by atomic mass is 16.5. The van der Waals surface area contributed by atoms with Crippen LogP contribution >= 0.6 is 0 Å². The minimum Gasteiger partial charge on any atom is -0.497 e. The standard InChI is InChI=1S/C10H13NO2/c1-13-10-3-2-8-5-11(7-12)6-9(8)4-10/h2-4,12H,5-7H2,1H3. The molecule has 0 aliphatic carbocycles. The van der Waals surface area contributed by atoms with Crippen molar-refractivity contribution < 1.29 is 9.84 Å². The molecule has 1 heterocycles. The Kier molecular flexibility index (Phi) is 2.20. The second kappa shape index (κ2) is 3.36. The van der Waals surface area contributed by atoms with Crippen molar-refractivity contribution in [1.82, 2.24) is 4.90 Å². The van der Waals surface area contributed by atoms with E-state index >= 15 is 0 Å². The molecule has 3 heteroatoms. The minimum atomic E-state index is 0.122. The third kappa shape index (κ3) is 1.53. The van der Waals surface area contributed by atoms with Crippen LogP contribution in [0.3, 0.4) is 0 Å². The maximum absolute atomic E-state index is 8.96. The first-order valence-corrected chi connectivity index (χ1v) is 4.32. The number of aliphatic hydroxyl groups is 1. The van der Waals surface area contributed by atoms with Gasteiger partial charge in [-0.25, -0.2) is 0 Å². The summed E-state index contributed by atoms with van der Waals surface area (Å²) in [6.45, 7) is 1.79. The van der Waals surface area contributed by atoms with E-state index in [4.69, 9.17) is 9.84 Å². The Hall–Kier alpha value is -1.06. The summed E-state index contributed by atoms with van der Waals surface area (Å²) in [5.41, 5.74) is 2.54. The molecule has 0 unspecified atom stereocenters. The molecule has 0 saturated carbocycles. The van der Waals surface area contributed by atoms with E-state index in [0.717, 1.165) is 18.8 Å². The van der Waals surface area contributed by atoms with Gasteiger partial charge in [-0.05, 0) is 23.3 Å². The van der Waals surface area contributed by atoms with Crippen LogP contribution in [0.15, 0.2) is 18.2 Å². The zero-order valence-electron chi connectivity index (χ0n) is 7.66. The van der Waals surface area contributed by atoms with Crippen molar-refractivity contribution >= 4 is 0 Å². The van der Waals surface area contributed by atoms with Crippen LogP contribution in [0.4, 0.5) is 0 Å². The predicted octanol–water partition coefficient (Wildman–Crippen LogP) is 0.961. The summed E-state index contributed by atoms with van der Waals surface area (Å²) in [4.78, 5) is 1.98. The van der Waals surface area contributed by atoms with Gasteiger partial charge in [-0.3, -0.25) is 4.90 Å². The molecule has 3 nitrogen and oxygen atoms in total. The Morgan fingerprint density at radius 1 is 1.38 bits per heavy atom. The van der Waals surface area contributed by atoms with Crippen molar-refractivity contribution in [1.29, 1.82) is 0 Å². The summed E-state index contributed by atoms with van der Waals surface area (Å²) in [7, 11) is 1.67. The Morgan fingerprint density at radius 3 is 2.85 bits per heavy atom. The highest BCUT2D eigenvalue weighted by Crippen LogP contribution is 2.25. The quantitative estimate of drug-likeness (QED) is 0.734. The van der Waals surface area contributed by atoms with E-state index in [-0.39, 0.29) is 6.73 Å². The van der Waals surface area contributed by atoms with Gasteiger partial charge in [-0.2, -0.15) is 0 Å². The second-order valence-electron chi connectivity index (χ2n) is 3.26. The monoisotopic (exact) mass is 179 g/mol. The van der Waals surface area contributed by atoms with E-state index in [1.54, 1.807) is 7.11 Å². The van der Waals surface area contributed by atoms with E-state index in [2.05, 4.69) is 6.07 Å². The molecule has 70 valence electrons. The van der Waals surface area contributed by atoms with Gasteiger partial charge in [0.2, 0.25) is 0 Å². The lowest BCUT2D eigenvalue weighted by atomic mass is 10.1. The van der Waals surface area contributed by atoms with Crippen molar-refractivity contribution in [3.63, 3.8) is 0 Å². The van der Waals surface area contributed by atoms with Crippen LogP contribution < -0.4 is 4.74 Å². The largest absolute Gasteiger partial charge is 0.497 e. The number of rotatable bonds is 2. The van der Waals surface area contributed by atoms with Gasteiger partial charge < -0.3 is 9.84 Å². The summed E-state index contributed by atoms with van der Waals surface area (Å²) in [6, 6.07) is 6.05. The molecule has 0 saturated heterocycles. The summed E-state index contributed by atoms with van der Waals surface area (Å²) in [5.74, 6) is 0.888. The molecule has 1 aromatic rings. The molecule has 0 aromatic heterocycles. The lowest BCUT2D eigenvalue weighted by Gasteiger charge is -2.08. The number of fused-ring (bicyclic) bond motifs is 1. The Bertz CT molecular complexity index is 312. The summed E-state index contributed by atoms with van der Waals surface area (Å²) < 4.78 is 5.13. The molecule has 1 N–H and O–H groups in total. The van der Waals surface area contributed by atoms with Crippen LogP contribution in [0.25, 0.3) is 0 Å². The van der Waals surface area contributed by atoms with Crippen LogP contribution in [0.1, 0.15) is 11.1 Å². The molecule has 1 aliphatic heterocycles. The zero-order valence-corrected chi connectivity index (χ0v) is 7.66. The number of aliphatic hydroxyl groups excluding tert-OH is 1. The Balaban J connectivity index is 2.25. The maximum Gasteiger partial charge on any atom is 0.119 e. The highest BCUT2D eigenvalue weighted by Gasteiger charge is 2.17. The van der Waals surface area contributed by atoms with Crippen LogP contribution in [0, 0.1) is 0 Å². The van der Waals surface area contributed by atoms with E-state index in [0.29, 0.717) is 0 Å². The van der Waals surface area contributed by atoms with Crippen molar-refractivity contribution in [2.75, 3.05) is 13.8 Å². The zero-order chi connectivity index (χ0) is 9.26. The number of nitrogens with zero attached hydrogens (tertiary/aromatic N) is 1. The molecule has 1 aliphatic rings. The molecule has 0 radical (unpaired) electrons. The number of hydrogen-bond donors (Lipinski definition) is 1. The summed E-state index contributed by atoms with van der Waals surface area (Å²) >= 11 is 0. The van der Waals surface area contributed by atoms with E-state index in [9.17, 15) is 0 Å². The third-order valence-electron chi connectivity index (χ3n) is 2.40. The summed E-state index contributed by atoms with van der Waals surface area (Å²) in [6.07, 6.45) is 0. The number of ether oxygens (including phenoxy) is 1. The fourth-order valence-corrected chi connectivity index (χ4v) is 1.67. The van der Waals surface area contributed by atoms with Gasteiger partial charge in [-0.1, -0.05) is 6.07 Å². The number of hydrogen-bond acceptors (Lipinski definition) is 3. The van der Waals surface area contributed by atoms with Gasteiger partial charge in [0, 0.05) is 13.1 Å². The van der Waals surface area contributed by atoms with Gasteiger partial charge >= 0.3 is 0 Å². The first-order valence-electron chi connectivity index (χ1n) is 4.32. The van der Waals surface area contributed by atoms with Gasteiger partial charge in [0.25, 0.3) is 0 Å². The normalized spacial score (nSPS) is 15.8. The highest BCUT2D eigenvalue weighted by molar-refractivity contribution is 5.37. The van der Waals surface area contributed by atoms with E-state index < -0.39 is 0 Å². The second-order valence-corrected chi connectivity index (χ2v) is 3.26. The van der Waals surface area contributed by atoms with Gasteiger partial charge in [0.15, 0.2) is 0 Å². The van der Waals surface area contributed by atoms with Gasteiger partial charge in [0.05, 0.1) is 13.8 Å². The van der Waals surface area contributed by atoms with E-state index in [1.807, 2.05) is 17.0 Å². The average Bonchev–Trinajstić information content (AvgIpc) is 2.58. The molecule has 0 spiro atoms. The van der Waals surface area contributed by atoms with Gasteiger partial charge in [0.1, 0.15) is 5.75 Å². The average molecular weight is 179 g/mol. The lowest BCUT2D eigenvalue weighted by Crippen LogP contribution is -2.16. The molecule has 0 amide bonds. The van der Waals surface area contributed by atoms with Crippen LogP contribution in [0.5, 0.6) is 5.75 Å². The Labute approximate surface area is 77.6 Å². The predicted molar refractivity (Wildman–Crippen MR) is 49.3 cm³/mol. The van der Waals surface area contributed by atoms with Crippen LogP contribution in [0.2, 0.25) is 0 Å². The third-order valence-corrected chi connectivity index (χ3v) is 2.40. The number of benzene rings is 1. The molecule has 0 atom stereocenters. The fourth-order valence-electron chi connectivity index (χ4n) is 1.67. The molecule has 13 heavy (non-hydrogen) atoms.